The first-order valence-electron chi connectivity index (χ1n) is 4.61. The third-order valence-corrected chi connectivity index (χ3v) is 3.43. The molecule has 0 spiro atoms. The number of furan rings is 1. The second-order valence-corrected chi connectivity index (χ2v) is 4.31. The van der Waals surface area contributed by atoms with Crippen molar-refractivity contribution >= 4 is 21.8 Å². The van der Waals surface area contributed by atoms with Crippen molar-refractivity contribution in [1.29, 1.82) is 0 Å². The second-order valence-electron chi connectivity index (χ2n) is 3.66. The Morgan fingerprint density at radius 2 is 2.43 bits per heavy atom. The maximum absolute atomic E-state index is 11.8. The monoisotopic (exact) mass is 257 g/mol. The average Bonchev–Trinajstić information content (AvgIpc) is 2.49. The molecule has 1 aromatic rings. The molecule has 1 aliphatic rings. The van der Waals surface area contributed by atoms with Crippen LogP contribution < -0.4 is 0 Å². The third-order valence-electron chi connectivity index (χ3n) is 2.52. The lowest BCUT2D eigenvalue weighted by atomic mass is 10.0. The van der Waals surface area contributed by atoms with E-state index in [9.17, 15) is 4.79 Å². The van der Waals surface area contributed by atoms with Crippen molar-refractivity contribution in [3.8, 4) is 0 Å². The van der Waals surface area contributed by atoms with E-state index in [1.807, 2.05) is 17.9 Å². The first-order chi connectivity index (χ1) is 6.72. The normalized spacial score (nSPS) is 16.9. The minimum Gasteiger partial charge on any atom is -0.459 e. The van der Waals surface area contributed by atoms with Gasteiger partial charge in [0.25, 0.3) is 5.91 Å². The minimum absolute atomic E-state index is 0.0182. The minimum atomic E-state index is 0.0182. The summed E-state index contributed by atoms with van der Waals surface area (Å²) in [5, 5.41) is 0.966. The molecule has 3 nitrogen and oxygen atoms in total. The molecule has 0 aromatic carbocycles. The summed E-state index contributed by atoms with van der Waals surface area (Å²) in [6.07, 6.45) is 1.56. The molecule has 2 heterocycles. The number of carbonyl (C=O) groups excluding carboxylic acids is 1. The fourth-order valence-electron chi connectivity index (χ4n) is 1.57. The zero-order chi connectivity index (χ0) is 10.1. The van der Waals surface area contributed by atoms with Gasteiger partial charge < -0.3 is 9.32 Å². The fraction of sp³-hybridized carbons (Fsp3) is 0.500. The number of nitrogens with zero attached hydrogens (tertiary/aromatic N) is 1. The summed E-state index contributed by atoms with van der Waals surface area (Å²) in [4.78, 5) is 13.6. The Hall–Kier alpha value is -0.770. The molecule has 1 aromatic heterocycles. The van der Waals surface area contributed by atoms with Gasteiger partial charge in [0.1, 0.15) is 0 Å². The van der Waals surface area contributed by atoms with E-state index in [1.165, 1.54) is 0 Å². The molecule has 4 heteroatoms. The smallest absolute Gasteiger partial charge is 0.289 e. The summed E-state index contributed by atoms with van der Waals surface area (Å²) in [5.74, 6) is 1.11. The quantitative estimate of drug-likeness (QED) is 0.761. The van der Waals surface area contributed by atoms with Gasteiger partial charge in [-0.05, 0) is 13.0 Å². The lowest BCUT2D eigenvalue weighted by molar-refractivity contribution is 0.0505. The SMILES string of the molecule is Cc1ccoc1C(=O)N1CC(CBr)C1. The molecular formula is C10H12BrNO2. The van der Waals surface area contributed by atoms with Crippen LogP contribution >= 0.6 is 15.9 Å². The zero-order valence-corrected chi connectivity index (χ0v) is 9.58. The number of rotatable bonds is 2. The van der Waals surface area contributed by atoms with Gasteiger partial charge >= 0.3 is 0 Å². The number of alkyl halides is 1. The molecule has 1 saturated heterocycles. The second kappa shape index (κ2) is 3.77. The highest BCUT2D eigenvalue weighted by atomic mass is 79.9. The van der Waals surface area contributed by atoms with Crippen molar-refractivity contribution in [3.63, 3.8) is 0 Å². The number of halogens is 1. The molecule has 0 N–H and O–H groups in total. The van der Waals surface area contributed by atoms with E-state index in [4.69, 9.17) is 4.42 Å². The Morgan fingerprint density at radius 1 is 1.71 bits per heavy atom. The van der Waals surface area contributed by atoms with Crippen molar-refractivity contribution in [2.45, 2.75) is 6.92 Å². The molecule has 0 saturated carbocycles. The van der Waals surface area contributed by atoms with Crippen LogP contribution in [-0.2, 0) is 0 Å². The number of hydrogen-bond donors (Lipinski definition) is 0. The van der Waals surface area contributed by atoms with Crippen LogP contribution in [0.15, 0.2) is 16.7 Å². The molecular weight excluding hydrogens is 246 g/mol. The number of likely N-dealkylation sites (tertiary alicyclic amines) is 1. The van der Waals surface area contributed by atoms with Gasteiger partial charge in [-0.25, -0.2) is 0 Å². The van der Waals surface area contributed by atoms with E-state index in [-0.39, 0.29) is 5.91 Å². The molecule has 2 rings (SSSR count). The molecule has 1 fully saturated rings. The molecule has 0 radical (unpaired) electrons. The predicted molar refractivity (Wildman–Crippen MR) is 56.6 cm³/mol. The maximum atomic E-state index is 11.8. The number of carbonyl (C=O) groups is 1. The van der Waals surface area contributed by atoms with Crippen molar-refractivity contribution in [3.05, 3.63) is 23.7 Å². The highest BCUT2D eigenvalue weighted by Gasteiger charge is 2.32. The van der Waals surface area contributed by atoms with E-state index in [2.05, 4.69) is 15.9 Å². The van der Waals surface area contributed by atoms with Crippen LogP contribution in [0, 0.1) is 12.8 Å². The third kappa shape index (κ3) is 1.59. The van der Waals surface area contributed by atoms with Gasteiger partial charge in [-0.3, -0.25) is 4.79 Å². The Morgan fingerprint density at radius 3 is 2.93 bits per heavy atom. The Labute approximate surface area is 91.2 Å². The first kappa shape index (κ1) is 9.77. The molecule has 0 unspecified atom stereocenters. The van der Waals surface area contributed by atoms with Crippen LogP contribution in [0.25, 0.3) is 0 Å². The molecule has 1 aliphatic heterocycles. The van der Waals surface area contributed by atoms with E-state index < -0.39 is 0 Å². The lowest BCUT2D eigenvalue weighted by Crippen LogP contribution is -2.50. The Kier molecular flexibility index (Phi) is 2.63. The molecule has 14 heavy (non-hydrogen) atoms. The molecule has 76 valence electrons. The molecule has 1 amide bonds. The maximum Gasteiger partial charge on any atom is 0.289 e. The van der Waals surface area contributed by atoms with Crippen LogP contribution in [0.3, 0.4) is 0 Å². The van der Waals surface area contributed by atoms with Crippen LogP contribution in [0.4, 0.5) is 0 Å². The van der Waals surface area contributed by atoms with E-state index in [0.717, 1.165) is 24.0 Å². The highest BCUT2D eigenvalue weighted by Crippen LogP contribution is 2.21. The average molecular weight is 258 g/mol. The Bertz CT molecular complexity index is 342. The standard InChI is InChI=1S/C10H12BrNO2/c1-7-2-3-14-9(7)10(13)12-5-8(4-11)6-12/h2-3,8H,4-6H2,1H3. The molecule has 0 bridgehead atoms. The summed E-state index contributed by atoms with van der Waals surface area (Å²) in [6, 6.07) is 1.81. The summed E-state index contributed by atoms with van der Waals surface area (Å²) < 4.78 is 5.15. The Balaban J connectivity index is 2.01. The highest BCUT2D eigenvalue weighted by molar-refractivity contribution is 9.09. The van der Waals surface area contributed by atoms with Crippen molar-refractivity contribution in [1.82, 2.24) is 4.90 Å². The predicted octanol–water partition coefficient (Wildman–Crippen LogP) is 2.05. The van der Waals surface area contributed by atoms with E-state index in [1.54, 1.807) is 6.26 Å². The van der Waals surface area contributed by atoms with E-state index in [0.29, 0.717) is 11.7 Å². The molecule has 0 aliphatic carbocycles. The largest absolute Gasteiger partial charge is 0.459 e. The lowest BCUT2D eigenvalue weighted by Gasteiger charge is -2.37. The number of aryl methyl sites for hydroxylation is 1. The topological polar surface area (TPSA) is 33.5 Å². The van der Waals surface area contributed by atoms with Crippen molar-refractivity contribution < 1.29 is 9.21 Å². The van der Waals surface area contributed by atoms with Crippen LogP contribution in [-0.4, -0.2) is 29.2 Å². The number of amides is 1. The zero-order valence-electron chi connectivity index (χ0n) is 8.00. The van der Waals surface area contributed by atoms with Crippen molar-refractivity contribution in [2.75, 3.05) is 18.4 Å². The summed E-state index contributed by atoms with van der Waals surface area (Å²) in [7, 11) is 0. The van der Waals surface area contributed by atoms with Gasteiger partial charge in [0.2, 0.25) is 0 Å². The van der Waals surface area contributed by atoms with E-state index >= 15 is 0 Å². The van der Waals surface area contributed by atoms with Gasteiger partial charge in [-0.2, -0.15) is 0 Å². The summed E-state index contributed by atoms with van der Waals surface area (Å²) >= 11 is 3.40. The van der Waals surface area contributed by atoms with Gasteiger partial charge in [0.15, 0.2) is 5.76 Å². The van der Waals surface area contributed by atoms with Crippen molar-refractivity contribution in [2.24, 2.45) is 5.92 Å². The number of hydrogen-bond acceptors (Lipinski definition) is 2. The first-order valence-corrected chi connectivity index (χ1v) is 5.74. The van der Waals surface area contributed by atoms with Gasteiger partial charge in [0.05, 0.1) is 6.26 Å². The van der Waals surface area contributed by atoms with Crippen LogP contribution in [0.5, 0.6) is 0 Å². The fourth-order valence-corrected chi connectivity index (χ4v) is 1.98. The van der Waals surface area contributed by atoms with Crippen LogP contribution in [0.1, 0.15) is 16.1 Å². The van der Waals surface area contributed by atoms with Gasteiger partial charge in [-0.1, -0.05) is 15.9 Å². The summed E-state index contributed by atoms with van der Waals surface area (Å²) in [6.45, 7) is 3.56. The van der Waals surface area contributed by atoms with Gasteiger partial charge in [0, 0.05) is 29.9 Å². The summed E-state index contributed by atoms with van der Waals surface area (Å²) in [5.41, 5.74) is 0.914. The van der Waals surface area contributed by atoms with Gasteiger partial charge in [-0.15, -0.1) is 0 Å². The molecule has 0 atom stereocenters. The van der Waals surface area contributed by atoms with Crippen LogP contribution in [0.2, 0.25) is 0 Å².